The number of rotatable bonds is 4. The van der Waals surface area contributed by atoms with Gasteiger partial charge in [0, 0.05) is 6.04 Å². The molecule has 0 bridgehead atoms. The van der Waals surface area contributed by atoms with Crippen LogP contribution in [0.15, 0.2) is 48.5 Å². The van der Waals surface area contributed by atoms with Crippen LogP contribution in [-0.2, 0) is 6.42 Å². The second kappa shape index (κ2) is 6.18. The van der Waals surface area contributed by atoms with Gasteiger partial charge in [0.1, 0.15) is 5.82 Å². The molecule has 0 saturated carbocycles. The molecule has 2 unspecified atom stereocenters. The highest BCUT2D eigenvalue weighted by molar-refractivity contribution is 6.30. The Hall–Kier alpha value is -1.38. The van der Waals surface area contributed by atoms with E-state index in [2.05, 4.69) is 19.1 Å². The second-order valence-electron chi connectivity index (χ2n) is 4.82. The number of halogens is 2. The maximum absolute atomic E-state index is 13.1. The van der Waals surface area contributed by atoms with E-state index in [1.165, 1.54) is 11.6 Å². The van der Waals surface area contributed by atoms with E-state index in [9.17, 15) is 4.39 Å². The van der Waals surface area contributed by atoms with Crippen LogP contribution in [0.3, 0.4) is 0 Å². The van der Waals surface area contributed by atoms with E-state index in [4.69, 9.17) is 17.3 Å². The molecule has 0 aliphatic rings. The number of benzene rings is 2. The van der Waals surface area contributed by atoms with E-state index in [1.54, 1.807) is 12.1 Å². The van der Waals surface area contributed by atoms with Crippen molar-refractivity contribution in [3.8, 4) is 0 Å². The molecule has 0 aliphatic heterocycles. The van der Waals surface area contributed by atoms with Crippen molar-refractivity contribution in [1.82, 2.24) is 0 Å². The van der Waals surface area contributed by atoms with Gasteiger partial charge in [-0.1, -0.05) is 54.9 Å². The maximum Gasteiger partial charge on any atom is 0.141 e. The van der Waals surface area contributed by atoms with Crippen LogP contribution in [0.2, 0.25) is 5.02 Å². The summed E-state index contributed by atoms with van der Waals surface area (Å²) in [5.74, 6) is -0.153. The van der Waals surface area contributed by atoms with Crippen LogP contribution in [0.25, 0.3) is 0 Å². The lowest BCUT2D eigenvalue weighted by molar-refractivity contribution is 0.562. The zero-order chi connectivity index (χ0) is 13.8. The van der Waals surface area contributed by atoms with E-state index in [-0.39, 0.29) is 17.0 Å². The second-order valence-corrected chi connectivity index (χ2v) is 5.22. The normalized spacial score (nSPS) is 14.1. The Morgan fingerprint density at radius 2 is 1.84 bits per heavy atom. The molecule has 0 radical (unpaired) electrons. The predicted molar refractivity (Wildman–Crippen MR) is 77.9 cm³/mol. The van der Waals surface area contributed by atoms with Gasteiger partial charge >= 0.3 is 0 Å². The van der Waals surface area contributed by atoms with Gasteiger partial charge in [-0.3, -0.25) is 0 Å². The smallest absolute Gasteiger partial charge is 0.141 e. The number of hydrogen-bond acceptors (Lipinski definition) is 1. The molecule has 0 amide bonds. The van der Waals surface area contributed by atoms with Crippen LogP contribution in [0, 0.1) is 5.82 Å². The summed E-state index contributed by atoms with van der Waals surface area (Å²) < 4.78 is 13.1. The summed E-state index contributed by atoms with van der Waals surface area (Å²) in [4.78, 5) is 0. The average Bonchev–Trinajstić information content (AvgIpc) is 2.43. The molecule has 1 nitrogen and oxygen atoms in total. The summed E-state index contributed by atoms with van der Waals surface area (Å²) in [5.41, 5.74) is 8.40. The monoisotopic (exact) mass is 277 g/mol. The maximum atomic E-state index is 13.1. The molecule has 0 saturated heterocycles. The molecule has 2 atom stereocenters. The van der Waals surface area contributed by atoms with Crippen LogP contribution in [0.4, 0.5) is 4.39 Å². The lowest BCUT2D eigenvalue weighted by atomic mass is 9.90. The topological polar surface area (TPSA) is 26.0 Å². The van der Waals surface area contributed by atoms with Crippen molar-refractivity contribution in [3.63, 3.8) is 0 Å². The molecule has 2 aromatic rings. The summed E-state index contributed by atoms with van der Waals surface area (Å²) in [6.07, 6.45) is 0.677. The molecule has 0 aromatic heterocycles. The molecule has 2 N–H and O–H groups in total. The van der Waals surface area contributed by atoms with Crippen LogP contribution in [-0.4, -0.2) is 6.04 Å². The first kappa shape index (κ1) is 14.0. The highest BCUT2D eigenvalue weighted by atomic mass is 35.5. The fraction of sp³-hybridized carbons (Fsp3) is 0.250. The zero-order valence-corrected chi connectivity index (χ0v) is 11.6. The van der Waals surface area contributed by atoms with Crippen LogP contribution < -0.4 is 5.73 Å². The molecule has 2 aromatic carbocycles. The Bertz CT molecular complexity index is 542. The first-order chi connectivity index (χ1) is 9.08. The first-order valence-corrected chi connectivity index (χ1v) is 6.70. The lowest BCUT2D eigenvalue weighted by Crippen LogP contribution is -2.29. The van der Waals surface area contributed by atoms with E-state index < -0.39 is 5.82 Å². The molecule has 2 rings (SSSR count). The van der Waals surface area contributed by atoms with Crippen LogP contribution in [0.1, 0.15) is 24.0 Å². The van der Waals surface area contributed by atoms with Crippen LogP contribution in [0.5, 0.6) is 0 Å². The van der Waals surface area contributed by atoms with Crippen molar-refractivity contribution in [2.75, 3.05) is 0 Å². The van der Waals surface area contributed by atoms with E-state index >= 15 is 0 Å². The van der Waals surface area contributed by atoms with Gasteiger partial charge < -0.3 is 5.73 Å². The van der Waals surface area contributed by atoms with Crippen molar-refractivity contribution in [3.05, 3.63) is 70.5 Å². The standard InChI is InChI=1S/C16H17ClFN/c1-11(13-5-3-2-4-6-13)16(19)10-12-7-8-15(18)14(17)9-12/h2-9,11,16H,10,19H2,1H3. The molecule has 19 heavy (non-hydrogen) atoms. The summed E-state index contributed by atoms with van der Waals surface area (Å²) in [5, 5.41) is 0.150. The summed E-state index contributed by atoms with van der Waals surface area (Å²) in [6, 6.07) is 14.9. The van der Waals surface area contributed by atoms with Crippen molar-refractivity contribution in [2.45, 2.75) is 25.3 Å². The third kappa shape index (κ3) is 3.55. The molecule has 0 aliphatic carbocycles. The van der Waals surface area contributed by atoms with Gasteiger partial charge in [0.2, 0.25) is 0 Å². The first-order valence-electron chi connectivity index (χ1n) is 6.32. The van der Waals surface area contributed by atoms with E-state index in [0.717, 1.165) is 5.56 Å². The van der Waals surface area contributed by atoms with Gasteiger partial charge in [-0.2, -0.15) is 0 Å². The van der Waals surface area contributed by atoms with Gasteiger partial charge in [0.05, 0.1) is 5.02 Å². The third-order valence-electron chi connectivity index (χ3n) is 3.42. The highest BCUT2D eigenvalue weighted by Crippen LogP contribution is 2.22. The molecule has 3 heteroatoms. The Balaban J connectivity index is 2.08. The van der Waals surface area contributed by atoms with E-state index in [1.807, 2.05) is 18.2 Å². The minimum atomic E-state index is -0.393. The molecule has 100 valence electrons. The molecular formula is C16H17ClFN. The average molecular weight is 278 g/mol. The minimum Gasteiger partial charge on any atom is -0.327 e. The Kier molecular flexibility index (Phi) is 4.56. The van der Waals surface area contributed by atoms with Gasteiger partial charge in [-0.05, 0) is 35.6 Å². The summed E-state index contributed by atoms with van der Waals surface area (Å²) in [6.45, 7) is 2.10. The van der Waals surface area contributed by atoms with Gasteiger partial charge in [-0.15, -0.1) is 0 Å². The van der Waals surface area contributed by atoms with Gasteiger partial charge in [0.15, 0.2) is 0 Å². The number of nitrogens with two attached hydrogens (primary N) is 1. The predicted octanol–water partition coefficient (Wildman–Crippen LogP) is 4.15. The third-order valence-corrected chi connectivity index (χ3v) is 3.71. The molecule has 0 heterocycles. The Morgan fingerprint density at radius 3 is 2.47 bits per heavy atom. The summed E-state index contributed by atoms with van der Waals surface area (Å²) >= 11 is 5.78. The van der Waals surface area contributed by atoms with Crippen molar-refractivity contribution >= 4 is 11.6 Å². The molecule has 0 fully saturated rings. The van der Waals surface area contributed by atoms with Crippen LogP contribution >= 0.6 is 11.6 Å². The van der Waals surface area contributed by atoms with Gasteiger partial charge in [-0.25, -0.2) is 4.39 Å². The lowest BCUT2D eigenvalue weighted by Gasteiger charge is -2.20. The van der Waals surface area contributed by atoms with E-state index in [0.29, 0.717) is 6.42 Å². The van der Waals surface area contributed by atoms with Crippen molar-refractivity contribution in [2.24, 2.45) is 5.73 Å². The summed E-state index contributed by atoms with van der Waals surface area (Å²) in [7, 11) is 0. The van der Waals surface area contributed by atoms with Crippen molar-refractivity contribution in [1.29, 1.82) is 0 Å². The minimum absolute atomic E-state index is 0.0241. The Labute approximate surface area is 118 Å². The Morgan fingerprint density at radius 1 is 1.16 bits per heavy atom. The number of hydrogen-bond donors (Lipinski definition) is 1. The molecular weight excluding hydrogens is 261 g/mol. The quantitative estimate of drug-likeness (QED) is 0.892. The largest absolute Gasteiger partial charge is 0.327 e. The fourth-order valence-corrected chi connectivity index (χ4v) is 2.32. The highest BCUT2D eigenvalue weighted by Gasteiger charge is 2.15. The van der Waals surface area contributed by atoms with Gasteiger partial charge in [0.25, 0.3) is 0 Å². The SMILES string of the molecule is CC(c1ccccc1)C(N)Cc1ccc(F)c(Cl)c1. The molecule has 0 spiro atoms. The fourth-order valence-electron chi connectivity index (χ4n) is 2.12. The zero-order valence-electron chi connectivity index (χ0n) is 10.8. The van der Waals surface area contributed by atoms with Crippen molar-refractivity contribution < 1.29 is 4.39 Å².